The number of benzene rings is 1. The normalized spacial score (nSPS) is 14.1. The van der Waals surface area contributed by atoms with Crippen molar-refractivity contribution in [2.45, 2.75) is 13.8 Å². The molecule has 4 nitrogen and oxygen atoms in total. The number of amides is 1. The summed E-state index contributed by atoms with van der Waals surface area (Å²) in [6.45, 7) is 5.28. The van der Waals surface area contributed by atoms with Crippen LogP contribution in [0, 0.1) is 6.92 Å². The first kappa shape index (κ1) is 11.7. The molecule has 1 aliphatic rings. The van der Waals surface area contributed by atoms with E-state index < -0.39 is 0 Å². The van der Waals surface area contributed by atoms with Gasteiger partial charge >= 0.3 is 0 Å². The van der Waals surface area contributed by atoms with Gasteiger partial charge in [-0.3, -0.25) is 4.79 Å². The number of phenolic OH excluding ortho intramolecular Hbond substituents is 1. The maximum absolute atomic E-state index is 11.9. The summed E-state index contributed by atoms with van der Waals surface area (Å²) in [5.41, 5.74) is 3.51. The molecule has 1 aromatic carbocycles. The number of nitrogens with one attached hydrogen (secondary N) is 2. The zero-order chi connectivity index (χ0) is 12.4. The van der Waals surface area contributed by atoms with E-state index in [4.69, 9.17) is 0 Å². The van der Waals surface area contributed by atoms with Gasteiger partial charge in [-0.25, -0.2) is 0 Å². The van der Waals surface area contributed by atoms with Crippen LogP contribution in [0.4, 0.5) is 5.69 Å². The summed E-state index contributed by atoms with van der Waals surface area (Å²) in [6.07, 6.45) is 0. The van der Waals surface area contributed by atoms with E-state index in [1.807, 2.05) is 13.8 Å². The number of aromatic hydroxyl groups is 1. The first-order chi connectivity index (χ1) is 8.08. The van der Waals surface area contributed by atoms with Crippen molar-refractivity contribution in [1.29, 1.82) is 0 Å². The van der Waals surface area contributed by atoms with E-state index >= 15 is 0 Å². The molecule has 1 aromatic rings. The number of carbonyl (C=O) groups is 1. The van der Waals surface area contributed by atoms with Crippen molar-refractivity contribution in [3.8, 4) is 5.75 Å². The Morgan fingerprint density at radius 1 is 1.41 bits per heavy atom. The molecule has 0 aliphatic carbocycles. The van der Waals surface area contributed by atoms with E-state index in [0.29, 0.717) is 0 Å². The molecule has 90 valence electrons. The van der Waals surface area contributed by atoms with Crippen molar-refractivity contribution in [2.75, 3.05) is 18.4 Å². The monoisotopic (exact) mass is 232 g/mol. The first-order valence-corrected chi connectivity index (χ1v) is 5.58. The highest BCUT2D eigenvalue weighted by Gasteiger charge is 2.16. The van der Waals surface area contributed by atoms with Gasteiger partial charge in [-0.1, -0.05) is 0 Å². The minimum absolute atomic E-state index is 0.0738. The molecule has 1 aliphatic heterocycles. The Morgan fingerprint density at radius 3 is 2.65 bits per heavy atom. The molecule has 0 bridgehead atoms. The van der Waals surface area contributed by atoms with E-state index in [9.17, 15) is 9.90 Å². The second kappa shape index (κ2) is 4.59. The highest BCUT2D eigenvalue weighted by Crippen LogP contribution is 2.21. The number of phenols is 1. The van der Waals surface area contributed by atoms with Gasteiger partial charge in [-0.2, -0.15) is 0 Å². The number of aryl methyl sites for hydroxylation is 1. The van der Waals surface area contributed by atoms with E-state index in [1.165, 1.54) is 0 Å². The van der Waals surface area contributed by atoms with Crippen LogP contribution >= 0.6 is 0 Å². The third-order valence-corrected chi connectivity index (χ3v) is 3.01. The molecular weight excluding hydrogens is 216 g/mol. The van der Waals surface area contributed by atoms with Crippen molar-refractivity contribution in [3.63, 3.8) is 0 Å². The van der Waals surface area contributed by atoms with Gasteiger partial charge in [0.1, 0.15) is 5.75 Å². The molecule has 1 saturated heterocycles. The van der Waals surface area contributed by atoms with Crippen molar-refractivity contribution >= 4 is 11.6 Å². The Kier molecular flexibility index (Phi) is 3.15. The molecule has 0 saturated carbocycles. The zero-order valence-electron chi connectivity index (χ0n) is 10.0. The third kappa shape index (κ3) is 2.47. The average Bonchev–Trinajstić information content (AvgIpc) is 2.19. The molecule has 17 heavy (non-hydrogen) atoms. The van der Waals surface area contributed by atoms with Crippen LogP contribution in [0.3, 0.4) is 0 Å². The fourth-order valence-corrected chi connectivity index (χ4v) is 1.68. The fourth-order valence-electron chi connectivity index (χ4n) is 1.68. The van der Waals surface area contributed by atoms with Gasteiger partial charge in [0, 0.05) is 24.4 Å². The molecule has 3 N–H and O–H groups in total. The molecule has 2 rings (SSSR count). The summed E-state index contributed by atoms with van der Waals surface area (Å²) in [4.78, 5) is 11.9. The molecule has 1 heterocycles. The number of hydrogen-bond acceptors (Lipinski definition) is 3. The smallest absolute Gasteiger partial charge is 0.251 e. The molecule has 0 atom stereocenters. The quantitative estimate of drug-likeness (QED) is 0.535. The van der Waals surface area contributed by atoms with Crippen LogP contribution < -0.4 is 10.6 Å². The number of carbonyl (C=O) groups excluding carboxylic acids is 1. The molecule has 4 heteroatoms. The largest absolute Gasteiger partial charge is 0.508 e. The lowest BCUT2D eigenvalue weighted by Gasteiger charge is -2.21. The third-order valence-electron chi connectivity index (χ3n) is 3.01. The summed E-state index contributed by atoms with van der Waals surface area (Å²) in [6, 6.07) is 4.90. The Balaban J connectivity index is 2.13. The fraction of sp³-hybridized carbons (Fsp3) is 0.308. The number of rotatable bonds is 2. The second-order valence-electron chi connectivity index (χ2n) is 4.29. The van der Waals surface area contributed by atoms with Crippen molar-refractivity contribution < 1.29 is 9.90 Å². The van der Waals surface area contributed by atoms with E-state index in [-0.39, 0.29) is 11.7 Å². The molecule has 0 radical (unpaired) electrons. The first-order valence-electron chi connectivity index (χ1n) is 5.58. The van der Waals surface area contributed by atoms with Gasteiger partial charge in [-0.05, 0) is 43.2 Å². The highest BCUT2D eigenvalue weighted by molar-refractivity contribution is 6.04. The Hall–Kier alpha value is -1.81. The standard InChI is InChI=1S/C13H16N2O2/c1-8-5-11(16)3-4-12(8)15-13(17)9(2)10-6-14-7-10/h3-5,14,16H,6-7H2,1-2H3,(H,15,17). The Bertz CT molecular complexity index is 486. The second-order valence-corrected chi connectivity index (χ2v) is 4.29. The average molecular weight is 232 g/mol. The molecular formula is C13H16N2O2. The zero-order valence-corrected chi connectivity index (χ0v) is 10.0. The van der Waals surface area contributed by atoms with Gasteiger partial charge in [0.15, 0.2) is 0 Å². The SMILES string of the molecule is CC(C(=O)Nc1ccc(O)cc1C)=C1CNC1. The van der Waals surface area contributed by atoms with Crippen molar-refractivity contribution in [1.82, 2.24) is 5.32 Å². The van der Waals surface area contributed by atoms with Crippen LogP contribution in [0.25, 0.3) is 0 Å². The summed E-state index contributed by atoms with van der Waals surface area (Å²) < 4.78 is 0. The predicted molar refractivity (Wildman–Crippen MR) is 67.0 cm³/mol. The van der Waals surface area contributed by atoms with E-state index in [2.05, 4.69) is 10.6 Å². The molecule has 1 amide bonds. The van der Waals surface area contributed by atoms with Crippen LogP contribution in [-0.4, -0.2) is 24.1 Å². The lowest BCUT2D eigenvalue weighted by atomic mass is 10.0. The van der Waals surface area contributed by atoms with Gasteiger partial charge in [-0.15, -0.1) is 0 Å². The number of anilines is 1. The number of hydrogen-bond donors (Lipinski definition) is 3. The van der Waals surface area contributed by atoms with Crippen LogP contribution in [0.2, 0.25) is 0 Å². The summed E-state index contributed by atoms with van der Waals surface area (Å²) >= 11 is 0. The minimum Gasteiger partial charge on any atom is -0.508 e. The summed E-state index contributed by atoms with van der Waals surface area (Å²) in [5, 5.41) is 15.2. The van der Waals surface area contributed by atoms with Crippen molar-refractivity contribution in [2.24, 2.45) is 0 Å². The maximum Gasteiger partial charge on any atom is 0.251 e. The molecule has 0 spiro atoms. The van der Waals surface area contributed by atoms with Gasteiger partial charge in [0.05, 0.1) is 0 Å². The highest BCUT2D eigenvalue weighted by atomic mass is 16.3. The minimum atomic E-state index is -0.0738. The topological polar surface area (TPSA) is 61.4 Å². The van der Waals surface area contributed by atoms with Gasteiger partial charge in [0.25, 0.3) is 5.91 Å². The van der Waals surface area contributed by atoms with Crippen molar-refractivity contribution in [3.05, 3.63) is 34.9 Å². The summed E-state index contributed by atoms with van der Waals surface area (Å²) in [5.74, 6) is 0.133. The summed E-state index contributed by atoms with van der Waals surface area (Å²) in [7, 11) is 0. The lowest BCUT2D eigenvalue weighted by molar-refractivity contribution is -0.112. The van der Waals surface area contributed by atoms with Gasteiger partial charge in [0.2, 0.25) is 0 Å². The molecule has 0 unspecified atom stereocenters. The van der Waals surface area contributed by atoms with Crippen LogP contribution in [0.15, 0.2) is 29.3 Å². The van der Waals surface area contributed by atoms with Crippen LogP contribution in [-0.2, 0) is 4.79 Å². The lowest BCUT2D eigenvalue weighted by Crippen LogP contribution is -2.36. The Labute approximate surface area is 100 Å². The van der Waals surface area contributed by atoms with Gasteiger partial charge < -0.3 is 15.7 Å². The predicted octanol–water partition coefficient (Wildman–Crippen LogP) is 1.56. The maximum atomic E-state index is 11.9. The Morgan fingerprint density at radius 2 is 2.12 bits per heavy atom. The van der Waals surface area contributed by atoms with Crippen LogP contribution in [0.5, 0.6) is 5.75 Å². The molecule has 1 fully saturated rings. The van der Waals surface area contributed by atoms with E-state index in [0.717, 1.165) is 35.5 Å². The van der Waals surface area contributed by atoms with E-state index in [1.54, 1.807) is 18.2 Å². The van der Waals surface area contributed by atoms with Crippen LogP contribution in [0.1, 0.15) is 12.5 Å². The molecule has 0 aromatic heterocycles.